The number of non-ortho nitro benzene ring substituents is 1. The second kappa shape index (κ2) is 8.50. The van der Waals surface area contributed by atoms with E-state index in [1.807, 2.05) is 4.68 Å². The van der Waals surface area contributed by atoms with Crippen molar-refractivity contribution in [3.63, 3.8) is 0 Å². The molecule has 0 saturated heterocycles. The van der Waals surface area contributed by atoms with Crippen molar-refractivity contribution in [1.29, 1.82) is 0 Å². The minimum atomic E-state index is -0.380. The zero-order valence-electron chi connectivity index (χ0n) is 14.0. The molecule has 0 aliphatic carbocycles. The molecule has 6 heteroatoms. The first-order valence-corrected chi connectivity index (χ1v) is 8.45. The average Bonchev–Trinajstić information content (AvgIpc) is 2.89. The van der Waals surface area contributed by atoms with E-state index in [0.29, 0.717) is 12.5 Å². The second-order valence-corrected chi connectivity index (χ2v) is 5.75. The molecule has 2 rings (SSSR count). The van der Waals surface area contributed by atoms with Crippen LogP contribution >= 0.6 is 0 Å². The Hall–Kier alpha value is -2.11. The van der Waals surface area contributed by atoms with Gasteiger partial charge in [0.25, 0.3) is 5.69 Å². The average molecular weight is 319 g/mol. The Morgan fingerprint density at radius 1 is 1.17 bits per heavy atom. The molecule has 0 fully saturated rings. The summed E-state index contributed by atoms with van der Waals surface area (Å²) < 4.78 is 7.70. The number of benzene rings is 1. The van der Waals surface area contributed by atoms with Crippen molar-refractivity contribution < 1.29 is 9.66 Å². The van der Waals surface area contributed by atoms with E-state index in [4.69, 9.17) is 4.74 Å². The molecule has 0 aliphatic rings. The number of nitro benzene ring substituents is 1. The fourth-order valence-electron chi connectivity index (χ4n) is 2.56. The zero-order valence-corrected chi connectivity index (χ0v) is 14.0. The third kappa shape index (κ3) is 4.43. The minimum absolute atomic E-state index is 0.0732. The number of aryl methyl sites for hydroxylation is 1. The molecule has 2 aromatic rings. The first kappa shape index (κ1) is 17.2. The third-order valence-corrected chi connectivity index (χ3v) is 3.87. The molecule has 1 heterocycles. The van der Waals surface area contributed by atoms with Crippen molar-refractivity contribution in [2.45, 2.75) is 58.9 Å². The zero-order chi connectivity index (χ0) is 16.7. The van der Waals surface area contributed by atoms with Gasteiger partial charge in [-0.3, -0.25) is 14.8 Å². The van der Waals surface area contributed by atoms with Crippen LogP contribution in [0.4, 0.5) is 5.69 Å². The summed E-state index contributed by atoms with van der Waals surface area (Å²) in [5, 5.41) is 16.3. The van der Waals surface area contributed by atoms with Gasteiger partial charge in [0.15, 0.2) is 0 Å². The molecule has 0 spiro atoms. The van der Waals surface area contributed by atoms with Crippen molar-refractivity contribution in [1.82, 2.24) is 9.78 Å². The highest BCUT2D eigenvalue weighted by molar-refractivity contribution is 5.86. The normalized spacial score (nSPS) is 11.0. The maximum Gasteiger partial charge on any atom is 0.270 e. The van der Waals surface area contributed by atoms with Gasteiger partial charge in [-0.05, 0) is 18.9 Å². The number of fused-ring (bicyclic) bond motifs is 1. The molecule has 0 atom stereocenters. The number of nitrogens with zero attached hydrogens (tertiary/aromatic N) is 3. The van der Waals surface area contributed by atoms with Gasteiger partial charge in [-0.2, -0.15) is 0 Å². The van der Waals surface area contributed by atoms with E-state index >= 15 is 0 Å². The van der Waals surface area contributed by atoms with Crippen LogP contribution < -0.4 is 4.74 Å². The van der Waals surface area contributed by atoms with Crippen molar-refractivity contribution in [2.75, 3.05) is 6.61 Å². The molecule has 0 radical (unpaired) electrons. The van der Waals surface area contributed by atoms with Crippen LogP contribution in [-0.2, 0) is 6.54 Å². The Labute approximate surface area is 136 Å². The van der Waals surface area contributed by atoms with Crippen LogP contribution in [0.1, 0.15) is 52.4 Å². The maximum atomic E-state index is 11.0. The topological polar surface area (TPSA) is 70.2 Å². The Balaban J connectivity index is 2.26. The van der Waals surface area contributed by atoms with E-state index in [2.05, 4.69) is 18.9 Å². The number of unbranched alkanes of at least 4 members (excludes halogenated alkanes) is 4. The summed E-state index contributed by atoms with van der Waals surface area (Å²) >= 11 is 0. The summed E-state index contributed by atoms with van der Waals surface area (Å²) in [6.45, 7) is 5.70. The van der Waals surface area contributed by atoms with Crippen LogP contribution in [0.15, 0.2) is 18.2 Å². The standard InChI is InChI=1S/C17H25N3O3/c1-3-5-7-11-19-16-10-9-14(20(21)22)13-15(16)17(18-19)23-12-8-6-4-2/h9-10,13H,3-8,11-12H2,1-2H3. The molecule has 0 saturated carbocycles. The monoisotopic (exact) mass is 319 g/mol. The lowest BCUT2D eigenvalue weighted by Crippen LogP contribution is -2.02. The Morgan fingerprint density at radius 2 is 1.91 bits per heavy atom. The van der Waals surface area contributed by atoms with E-state index in [-0.39, 0.29) is 10.6 Å². The molecular weight excluding hydrogens is 294 g/mol. The van der Waals surface area contributed by atoms with Crippen molar-refractivity contribution in [3.8, 4) is 5.88 Å². The summed E-state index contributed by atoms with van der Waals surface area (Å²) in [7, 11) is 0. The highest BCUT2D eigenvalue weighted by Crippen LogP contribution is 2.29. The Kier molecular flexibility index (Phi) is 6.38. The Morgan fingerprint density at radius 3 is 2.61 bits per heavy atom. The quantitative estimate of drug-likeness (QED) is 0.361. The SMILES string of the molecule is CCCCCOc1nn(CCCCC)c2ccc([N+](=O)[O-])cc12. The molecule has 1 aromatic heterocycles. The molecule has 126 valence electrons. The molecule has 0 unspecified atom stereocenters. The smallest absolute Gasteiger partial charge is 0.270 e. The number of rotatable bonds is 10. The van der Waals surface area contributed by atoms with Crippen molar-refractivity contribution >= 4 is 16.6 Å². The molecule has 0 aliphatic heterocycles. The molecule has 0 bridgehead atoms. The van der Waals surface area contributed by atoms with Gasteiger partial charge in [-0.25, -0.2) is 0 Å². The first-order chi connectivity index (χ1) is 11.2. The van der Waals surface area contributed by atoms with Gasteiger partial charge in [0.2, 0.25) is 5.88 Å². The van der Waals surface area contributed by atoms with Crippen LogP contribution in [0.25, 0.3) is 10.9 Å². The van der Waals surface area contributed by atoms with E-state index in [0.717, 1.165) is 56.0 Å². The maximum absolute atomic E-state index is 11.0. The molecule has 23 heavy (non-hydrogen) atoms. The summed E-state index contributed by atoms with van der Waals surface area (Å²) in [4.78, 5) is 10.6. The summed E-state index contributed by atoms with van der Waals surface area (Å²) in [6.07, 6.45) is 6.53. The molecule has 0 N–H and O–H groups in total. The lowest BCUT2D eigenvalue weighted by molar-refractivity contribution is -0.384. The molecule has 0 amide bonds. The fraction of sp³-hybridized carbons (Fsp3) is 0.588. The van der Waals surface area contributed by atoms with Gasteiger partial charge >= 0.3 is 0 Å². The van der Waals surface area contributed by atoms with Crippen LogP contribution in [0, 0.1) is 10.1 Å². The lowest BCUT2D eigenvalue weighted by Gasteiger charge is -2.02. The van der Waals surface area contributed by atoms with Crippen LogP contribution in [0.5, 0.6) is 5.88 Å². The van der Waals surface area contributed by atoms with E-state index in [9.17, 15) is 10.1 Å². The van der Waals surface area contributed by atoms with Gasteiger partial charge in [0, 0.05) is 18.7 Å². The Bertz CT molecular complexity index is 652. The van der Waals surface area contributed by atoms with Gasteiger partial charge in [0.05, 0.1) is 22.4 Å². The van der Waals surface area contributed by atoms with Crippen molar-refractivity contribution in [2.24, 2.45) is 0 Å². The number of hydrogen-bond donors (Lipinski definition) is 0. The number of ether oxygens (including phenoxy) is 1. The number of aromatic nitrogens is 2. The second-order valence-electron chi connectivity index (χ2n) is 5.75. The van der Waals surface area contributed by atoms with Gasteiger partial charge < -0.3 is 4.74 Å². The fourth-order valence-corrected chi connectivity index (χ4v) is 2.56. The van der Waals surface area contributed by atoms with Gasteiger partial charge in [0.1, 0.15) is 0 Å². The minimum Gasteiger partial charge on any atom is -0.476 e. The van der Waals surface area contributed by atoms with E-state index in [1.54, 1.807) is 12.1 Å². The van der Waals surface area contributed by atoms with Crippen LogP contribution in [-0.4, -0.2) is 21.3 Å². The summed E-state index contributed by atoms with van der Waals surface area (Å²) in [5.41, 5.74) is 0.973. The number of hydrogen-bond acceptors (Lipinski definition) is 4. The first-order valence-electron chi connectivity index (χ1n) is 8.45. The molecule has 6 nitrogen and oxygen atoms in total. The lowest BCUT2D eigenvalue weighted by atomic mass is 10.2. The van der Waals surface area contributed by atoms with Gasteiger partial charge in [-0.15, -0.1) is 5.10 Å². The third-order valence-electron chi connectivity index (χ3n) is 3.87. The van der Waals surface area contributed by atoms with Crippen molar-refractivity contribution in [3.05, 3.63) is 28.3 Å². The van der Waals surface area contributed by atoms with Gasteiger partial charge in [-0.1, -0.05) is 39.5 Å². The predicted octanol–water partition coefficient (Wildman–Crippen LogP) is 4.70. The molecular formula is C17H25N3O3. The predicted molar refractivity (Wildman–Crippen MR) is 90.9 cm³/mol. The largest absolute Gasteiger partial charge is 0.476 e. The van der Waals surface area contributed by atoms with E-state index < -0.39 is 0 Å². The number of nitro groups is 1. The van der Waals surface area contributed by atoms with E-state index in [1.165, 1.54) is 6.07 Å². The summed E-state index contributed by atoms with van der Waals surface area (Å²) in [6, 6.07) is 4.86. The highest BCUT2D eigenvalue weighted by Gasteiger charge is 2.16. The molecule has 1 aromatic carbocycles. The highest BCUT2D eigenvalue weighted by atomic mass is 16.6. The van der Waals surface area contributed by atoms with Crippen LogP contribution in [0.3, 0.4) is 0 Å². The van der Waals surface area contributed by atoms with Crippen LogP contribution in [0.2, 0.25) is 0 Å². The summed E-state index contributed by atoms with van der Waals surface area (Å²) in [5.74, 6) is 0.510.